The number of carbonyl (C=O) groups excluding carboxylic acids is 2. The lowest BCUT2D eigenvalue weighted by Gasteiger charge is -2.34. The minimum absolute atomic E-state index is 0.0472. The third-order valence-corrected chi connectivity index (χ3v) is 5.70. The number of rotatable bonds is 4. The Morgan fingerprint density at radius 2 is 1.55 bits per heavy atom. The smallest absolute Gasteiger partial charge is 0.257 e. The zero-order chi connectivity index (χ0) is 21.1. The molecule has 0 aromatic heterocycles. The number of nitrogens with one attached hydrogen (secondary N) is 1. The molecule has 2 N–H and O–H groups in total. The molecule has 2 aromatic carbocycles. The second kappa shape index (κ2) is 8.66. The fourth-order valence-corrected chi connectivity index (χ4v) is 3.65. The third kappa shape index (κ3) is 4.59. The molecule has 0 bridgehead atoms. The van der Waals surface area contributed by atoms with Crippen molar-refractivity contribution >= 4 is 17.5 Å². The van der Waals surface area contributed by atoms with E-state index in [1.165, 1.54) is 0 Å². The van der Waals surface area contributed by atoms with Crippen LogP contribution in [0.5, 0.6) is 5.75 Å². The number of nitrogens with zero attached hydrogens (tertiary/aromatic N) is 2. The van der Waals surface area contributed by atoms with E-state index in [-0.39, 0.29) is 17.6 Å². The molecule has 0 saturated carbocycles. The van der Waals surface area contributed by atoms with Gasteiger partial charge in [-0.15, -0.1) is 0 Å². The molecular formula is C23H29N3O3. The van der Waals surface area contributed by atoms with Crippen molar-refractivity contribution in [2.45, 2.75) is 27.7 Å². The average Bonchev–Trinajstić information content (AvgIpc) is 2.69. The second-order valence-corrected chi connectivity index (χ2v) is 7.79. The maximum absolute atomic E-state index is 12.8. The van der Waals surface area contributed by atoms with E-state index in [2.05, 4.69) is 5.32 Å². The summed E-state index contributed by atoms with van der Waals surface area (Å²) >= 11 is 0. The molecule has 1 aliphatic heterocycles. The summed E-state index contributed by atoms with van der Waals surface area (Å²) in [4.78, 5) is 29.1. The molecule has 6 heteroatoms. The number of phenols is 1. The first-order chi connectivity index (χ1) is 13.8. The number of para-hydroxylation sites is 1. The maximum atomic E-state index is 12.8. The third-order valence-electron chi connectivity index (χ3n) is 5.70. The van der Waals surface area contributed by atoms with Crippen LogP contribution in [-0.2, 0) is 4.79 Å². The van der Waals surface area contributed by atoms with Crippen molar-refractivity contribution in [3.05, 3.63) is 58.1 Å². The molecule has 1 heterocycles. The number of benzene rings is 2. The van der Waals surface area contributed by atoms with Gasteiger partial charge in [0.1, 0.15) is 5.75 Å². The largest absolute Gasteiger partial charge is 0.507 e. The van der Waals surface area contributed by atoms with E-state index in [0.717, 1.165) is 27.9 Å². The summed E-state index contributed by atoms with van der Waals surface area (Å²) in [6.45, 7) is 10.3. The molecule has 3 rings (SSSR count). The number of aromatic hydroxyl groups is 1. The van der Waals surface area contributed by atoms with E-state index in [9.17, 15) is 14.7 Å². The molecule has 0 atom stereocenters. The Morgan fingerprint density at radius 3 is 2.17 bits per heavy atom. The fraction of sp³-hybridized carbons (Fsp3) is 0.391. The summed E-state index contributed by atoms with van der Waals surface area (Å²) in [5, 5.41) is 13.3. The minimum Gasteiger partial charge on any atom is -0.507 e. The van der Waals surface area contributed by atoms with Gasteiger partial charge < -0.3 is 15.3 Å². The number of hydrogen-bond acceptors (Lipinski definition) is 4. The normalized spacial score (nSPS) is 14.7. The van der Waals surface area contributed by atoms with E-state index in [1.54, 1.807) is 11.0 Å². The van der Waals surface area contributed by atoms with Crippen LogP contribution < -0.4 is 5.32 Å². The average molecular weight is 396 g/mol. The van der Waals surface area contributed by atoms with Crippen LogP contribution >= 0.6 is 0 Å². The van der Waals surface area contributed by atoms with Gasteiger partial charge in [0.25, 0.3) is 5.91 Å². The van der Waals surface area contributed by atoms with Crippen LogP contribution in [0.4, 0.5) is 5.69 Å². The first kappa shape index (κ1) is 20.9. The Labute approximate surface area is 172 Å². The Balaban J connectivity index is 1.56. The number of amides is 2. The van der Waals surface area contributed by atoms with Gasteiger partial charge in [-0.05, 0) is 56.0 Å². The zero-order valence-electron chi connectivity index (χ0n) is 17.6. The van der Waals surface area contributed by atoms with Gasteiger partial charge in [0.15, 0.2) is 0 Å². The summed E-state index contributed by atoms with van der Waals surface area (Å²) in [5.41, 5.74) is 4.99. The molecule has 2 aromatic rings. The molecule has 1 saturated heterocycles. The lowest BCUT2D eigenvalue weighted by Crippen LogP contribution is -2.50. The van der Waals surface area contributed by atoms with E-state index in [4.69, 9.17) is 0 Å². The van der Waals surface area contributed by atoms with Crippen molar-refractivity contribution < 1.29 is 14.7 Å². The zero-order valence-corrected chi connectivity index (χ0v) is 17.6. The lowest BCUT2D eigenvalue weighted by molar-refractivity contribution is -0.117. The van der Waals surface area contributed by atoms with Crippen molar-refractivity contribution in [2.24, 2.45) is 0 Å². The molecule has 1 fully saturated rings. The number of anilines is 1. The van der Waals surface area contributed by atoms with E-state index < -0.39 is 0 Å². The molecule has 29 heavy (non-hydrogen) atoms. The standard InChI is InChI=1S/C23H29N3O3/c1-15-8-9-19(22(28)18(15)4)23(29)26-12-10-25(11-13-26)14-20(27)24-21-16(2)6-5-7-17(21)3/h5-9,28H,10-14H2,1-4H3,(H,24,27). The van der Waals surface area contributed by atoms with Gasteiger partial charge in [-0.1, -0.05) is 24.3 Å². The highest BCUT2D eigenvalue weighted by Gasteiger charge is 2.25. The first-order valence-corrected chi connectivity index (χ1v) is 9.94. The predicted molar refractivity (Wildman–Crippen MR) is 114 cm³/mol. The van der Waals surface area contributed by atoms with E-state index >= 15 is 0 Å². The van der Waals surface area contributed by atoms with Crippen LogP contribution in [0.2, 0.25) is 0 Å². The van der Waals surface area contributed by atoms with Crippen molar-refractivity contribution in [3.8, 4) is 5.75 Å². The number of carbonyl (C=O) groups is 2. The summed E-state index contributed by atoms with van der Waals surface area (Å²) in [6.07, 6.45) is 0. The van der Waals surface area contributed by atoms with Crippen LogP contribution in [0.25, 0.3) is 0 Å². The van der Waals surface area contributed by atoms with Crippen LogP contribution in [0.3, 0.4) is 0 Å². The Kier molecular flexibility index (Phi) is 6.23. The molecule has 1 aliphatic rings. The Bertz CT molecular complexity index is 911. The number of piperazine rings is 1. The molecule has 0 aliphatic carbocycles. The molecule has 154 valence electrons. The highest BCUT2D eigenvalue weighted by molar-refractivity contribution is 5.97. The molecule has 0 unspecified atom stereocenters. The molecule has 0 radical (unpaired) electrons. The fourth-order valence-electron chi connectivity index (χ4n) is 3.65. The lowest BCUT2D eigenvalue weighted by atomic mass is 10.0. The van der Waals surface area contributed by atoms with Crippen molar-refractivity contribution in [1.82, 2.24) is 9.80 Å². The summed E-state index contributed by atoms with van der Waals surface area (Å²) < 4.78 is 0. The topological polar surface area (TPSA) is 72.9 Å². The van der Waals surface area contributed by atoms with Gasteiger partial charge in [-0.3, -0.25) is 14.5 Å². The van der Waals surface area contributed by atoms with Gasteiger partial charge in [0.2, 0.25) is 5.91 Å². The van der Waals surface area contributed by atoms with Gasteiger partial charge >= 0.3 is 0 Å². The minimum atomic E-state index is -0.162. The second-order valence-electron chi connectivity index (χ2n) is 7.79. The first-order valence-electron chi connectivity index (χ1n) is 9.94. The van der Waals surface area contributed by atoms with Crippen LogP contribution in [0, 0.1) is 27.7 Å². The van der Waals surface area contributed by atoms with E-state index in [0.29, 0.717) is 38.3 Å². The SMILES string of the molecule is Cc1ccc(C(=O)N2CCN(CC(=O)Nc3c(C)cccc3C)CC2)c(O)c1C. The van der Waals surface area contributed by atoms with Crippen LogP contribution in [0.15, 0.2) is 30.3 Å². The molecule has 0 spiro atoms. The summed E-state index contributed by atoms with van der Waals surface area (Å²) in [5.74, 6) is -0.148. The number of phenolic OH excluding ortho intramolecular Hbond substituents is 1. The van der Waals surface area contributed by atoms with Crippen molar-refractivity contribution in [1.29, 1.82) is 0 Å². The monoisotopic (exact) mass is 395 g/mol. The van der Waals surface area contributed by atoms with Gasteiger partial charge in [-0.25, -0.2) is 0 Å². The predicted octanol–water partition coefficient (Wildman–Crippen LogP) is 3.02. The summed E-state index contributed by atoms with van der Waals surface area (Å²) in [7, 11) is 0. The molecule has 6 nitrogen and oxygen atoms in total. The van der Waals surface area contributed by atoms with Gasteiger partial charge in [-0.2, -0.15) is 0 Å². The number of aryl methyl sites for hydroxylation is 3. The highest BCUT2D eigenvalue weighted by atomic mass is 16.3. The molecule has 2 amide bonds. The highest BCUT2D eigenvalue weighted by Crippen LogP contribution is 2.26. The molecular weight excluding hydrogens is 366 g/mol. The van der Waals surface area contributed by atoms with Gasteiger partial charge in [0.05, 0.1) is 12.1 Å². The Morgan fingerprint density at radius 1 is 0.931 bits per heavy atom. The van der Waals surface area contributed by atoms with Gasteiger partial charge in [0, 0.05) is 31.9 Å². The maximum Gasteiger partial charge on any atom is 0.257 e. The van der Waals surface area contributed by atoms with Crippen LogP contribution in [0.1, 0.15) is 32.6 Å². The number of hydrogen-bond donors (Lipinski definition) is 2. The Hall–Kier alpha value is -2.86. The van der Waals surface area contributed by atoms with E-state index in [1.807, 2.05) is 56.9 Å². The van der Waals surface area contributed by atoms with Crippen molar-refractivity contribution in [3.63, 3.8) is 0 Å². The summed E-state index contributed by atoms with van der Waals surface area (Å²) in [6, 6.07) is 9.48. The van der Waals surface area contributed by atoms with Crippen LogP contribution in [-0.4, -0.2) is 59.4 Å². The van der Waals surface area contributed by atoms with Crippen molar-refractivity contribution in [2.75, 3.05) is 38.0 Å². The quantitative estimate of drug-likeness (QED) is 0.835.